The number of carbonyl (C=O) groups is 1. The zero-order valence-corrected chi connectivity index (χ0v) is 25.8. The molecule has 206 valence electrons. The second kappa shape index (κ2) is 14.5. The molecule has 0 N–H and O–H groups in total. The minimum Gasteiger partial charge on any atom is -0.493 e. The predicted molar refractivity (Wildman–Crippen MR) is 157 cm³/mol. The lowest BCUT2D eigenvalue weighted by Gasteiger charge is -2.62. The van der Waals surface area contributed by atoms with Crippen LogP contribution in [0.1, 0.15) is 94.9 Å². The number of fused-ring (bicyclic) bond motifs is 3. The van der Waals surface area contributed by atoms with Gasteiger partial charge in [0.15, 0.2) is 0 Å². The predicted octanol–water partition coefficient (Wildman–Crippen LogP) is 9.30. The fourth-order valence-corrected chi connectivity index (χ4v) is 7.06. The highest BCUT2D eigenvalue weighted by Gasteiger charge is 2.59. The SMILES string of the molecule is CC.CC.CC.CCC1(C)CCC2C(C(C)CC3N(C)C(=O)C=C[C@]23C)C1COc1ccc(Cl)cc1. The van der Waals surface area contributed by atoms with Gasteiger partial charge in [-0.15, -0.1) is 0 Å². The van der Waals surface area contributed by atoms with Crippen molar-refractivity contribution in [3.8, 4) is 5.75 Å². The summed E-state index contributed by atoms with van der Waals surface area (Å²) in [4.78, 5) is 14.4. The number of benzene rings is 1. The molecule has 0 radical (unpaired) electrons. The zero-order chi connectivity index (χ0) is 27.7. The standard InChI is InChI=1S/C26H36ClNO2.3C2H6/c1-6-25(3)13-11-20-24(21(25)16-30-19-9-7-18(27)8-10-19)17(2)15-22-26(20,4)14-12-23(29)28(22)5;3*1-2/h7-10,12,14,17,20-22,24H,6,11,13,15-16H2,1-5H3;3*1-2H3/t17?,20?,21?,22?,24?,25?,26-;;;/m1.../s1. The van der Waals surface area contributed by atoms with Gasteiger partial charge in [0.25, 0.3) is 0 Å². The van der Waals surface area contributed by atoms with Crippen molar-refractivity contribution in [3.63, 3.8) is 0 Å². The van der Waals surface area contributed by atoms with E-state index in [2.05, 4.69) is 33.8 Å². The molecule has 1 aromatic rings. The number of hydrogen-bond acceptors (Lipinski definition) is 2. The molecule has 3 nitrogen and oxygen atoms in total. The van der Waals surface area contributed by atoms with Crippen LogP contribution in [0.25, 0.3) is 0 Å². The largest absolute Gasteiger partial charge is 0.493 e. The average molecular weight is 520 g/mol. The molecule has 2 fully saturated rings. The summed E-state index contributed by atoms with van der Waals surface area (Å²) in [5.74, 6) is 3.30. The van der Waals surface area contributed by atoms with E-state index < -0.39 is 0 Å². The number of ether oxygens (including phenoxy) is 1. The summed E-state index contributed by atoms with van der Waals surface area (Å²) < 4.78 is 6.36. The lowest BCUT2D eigenvalue weighted by molar-refractivity contribution is -0.147. The van der Waals surface area contributed by atoms with Gasteiger partial charge in [-0.25, -0.2) is 0 Å². The van der Waals surface area contributed by atoms with E-state index in [1.807, 2.05) is 83.8 Å². The summed E-state index contributed by atoms with van der Waals surface area (Å²) in [6.45, 7) is 22.3. The van der Waals surface area contributed by atoms with Crippen molar-refractivity contribution in [2.75, 3.05) is 13.7 Å². The van der Waals surface area contributed by atoms with Crippen LogP contribution in [-0.2, 0) is 4.79 Å². The maximum Gasteiger partial charge on any atom is 0.246 e. The van der Waals surface area contributed by atoms with E-state index in [4.69, 9.17) is 16.3 Å². The van der Waals surface area contributed by atoms with Crippen molar-refractivity contribution in [2.24, 2.45) is 34.5 Å². The van der Waals surface area contributed by atoms with Crippen molar-refractivity contribution in [2.45, 2.75) is 101 Å². The van der Waals surface area contributed by atoms with Gasteiger partial charge in [0, 0.05) is 29.4 Å². The normalized spacial score (nSPS) is 34.4. The fourth-order valence-electron chi connectivity index (χ4n) is 6.94. The second-order valence-electron chi connectivity index (χ2n) is 10.5. The van der Waals surface area contributed by atoms with Gasteiger partial charge in [-0.1, -0.05) is 93.3 Å². The molecule has 0 spiro atoms. The minimum atomic E-state index is 0.0490. The van der Waals surface area contributed by atoms with Crippen LogP contribution < -0.4 is 4.74 Å². The van der Waals surface area contributed by atoms with Crippen molar-refractivity contribution in [1.29, 1.82) is 0 Å². The van der Waals surface area contributed by atoms with Gasteiger partial charge in [0.05, 0.1) is 6.61 Å². The smallest absolute Gasteiger partial charge is 0.246 e. The van der Waals surface area contributed by atoms with Crippen LogP contribution in [0.4, 0.5) is 0 Å². The van der Waals surface area contributed by atoms with Gasteiger partial charge in [0.2, 0.25) is 5.91 Å². The molecule has 6 unspecified atom stereocenters. The average Bonchev–Trinajstić information content (AvgIpc) is 2.92. The molecule has 0 saturated heterocycles. The molecule has 1 amide bonds. The van der Waals surface area contributed by atoms with Gasteiger partial charge in [-0.05, 0) is 72.8 Å². The summed E-state index contributed by atoms with van der Waals surface area (Å²) in [5.41, 5.74) is 0.332. The highest BCUT2D eigenvalue weighted by Crippen LogP contribution is 2.61. The third kappa shape index (κ3) is 6.50. The molecule has 2 saturated carbocycles. The Labute approximate surface area is 228 Å². The molecule has 1 aliphatic heterocycles. The van der Waals surface area contributed by atoms with E-state index in [-0.39, 0.29) is 16.7 Å². The lowest BCUT2D eigenvalue weighted by atomic mass is 9.45. The molecule has 0 bridgehead atoms. The second-order valence-corrected chi connectivity index (χ2v) is 10.9. The summed E-state index contributed by atoms with van der Waals surface area (Å²) >= 11 is 6.05. The highest BCUT2D eigenvalue weighted by atomic mass is 35.5. The van der Waals surface area contributed by atoms with E-state index in [1.54, 1.807) is 0 Å². The number of likely N-dealkylation sites (N-methyl/N-ethyl adjacent to an activating group) is 1. The molecule has 0 aromatic heterocycles. The van der Waals surface area contributed by atoms with Crippen LogP contribution in [0.3, 0.4) is 0 Å². The van der Waals surface area contributed by atoms with Crippen molar-refractivity contribution < 1.29 is 9.53 Å². The van der Waals surface area contributed by atoms with Crippen LogP contribution in [-0.4, -0.2) is 30.5 Å². The van der Waals surface area contributed by atoms with Crippen LogP contribution >= 0.6 is 11.6 Å². The number of carbonyl (C=O) groups excluding carboxylic acids is 1. The van der Waals surface area contributed by atoms with Crippen molar-refractivity contribution in [3.05, 3.63) is 41.4 Å². The van der Waals surface area contributed by atoms with Gasteiger partial charge >= 0.3 is 0 Å². The number of rotatable bonds is 4. The number of amides is 1. The molecule has 1 heterocycles. The number of nitrogens with zero attached hydrogens (tertiary/aromatic N) is 1. The van der Waals surface area contributed by atoms with Gasteiger partial charge in [-0.2, -0.15) is 0 Å². The Morgan fingerprint density at radius 1 is 1.06 bits per heavy atom. The maximum atomic E-state index is 12.4. The van der Waals surface area contributed by atoms with Gasteiger partial charge < -0.3 is 9.64 Å². The van der Waals surface area contributed by atoms with Gasteiger partial charge in [-0.3, -0.25) is 4.79 Å². The molecule has 4 rings (SSSR count). The first-order valence-electron chi connectivity index (χ1n) is 14.5. The van der Waals surface area contributed by atoms with E-state index in [9.17, 15) is 4.79 Å². The molecule has 1 aromatic carbocycles. The van der Waals surface area contributed by atoms with E-state index in [0.29, 0.717) is 29.7 Å². The highest BCUT2D eigenvalue weighted by molar-refractivity contribution is 6.30. The first-order chi connectivity index (χ1) is 17.2. The Balaban J connectivity index is 0.00000101. The molecule has 2 aliphatic carbocycles. The van der Waals surface area contributed by atoms with Crippen LogP contribution in [0.2, 0.25) is 5.02 Å². The molecule has 7 atom stereocenters. The summed E-state index contributed by atoms with van der Waals surface area (Å²) in [6.07, 6.45) is 8.76. The Kier molecular flexibility index (Phi) is 13.1. The Morgan fingerprint density at radius 3 is 2.19 bits per heavy atom. The first kappa shape index (κ1) is 32.5. The molecule has 36 heavy (non-hydrogen) atoms. The summed E-state index contributed by atoms with van der Waals surface area (Å²) in [7, 11) is 1.99. The van der Waals surface area contributed by atoms with Crippen LogP contribution in [0.5, 0.6) is 5.75 Å². The van der Waals surface area contributed by atoms with Crippen LogP contribution in [0.15, 0.2) is 36.4 Å². The summed E-state index contributed by atoms with van der Waals surface area (Å²) in [5, 5.41) is 0.737. The topological polar surface area (TPSA) is 29.5 Å². The quantitative estimate of drug-likeness (QED) is 0.396. The zero-order valence-electron chi connectivity index (χ0n) is 25.0. The molecule has 3 aliphatic rings. The maximum absolute atomic E-state index is 12.4. The minimum absolute atomic E-state index is 0.0490. The monoisotopic (exact) mass is 519 g/mol. The number of halogens is 1. The van der Waals surface area contributed by atoms with E-state index >= 15 is 0 Å². The molecular formula is C32H54ClNO2. The first-order valence-corrected chi connectivity index (χ1v) is 14.9. The lowest BCUT2D eigenvalue weighted by Crippen LogP contribution is -2.62. The Hall–Kier alpha value is -1.48. The molecule has 4 heteroatoms. The van der Waals surface area contributed by atoms with E-state index in [1.165, 1.54) is 19.3 Å². The van der Waals surface area contributed by atoms with Gasteiger partial charge in [0.1, 0.15) is 5.75 Å². The third-order valence-corrected chi connectivity index (χ3v) is 9.32. The third-order valence-electron chi connectivity index (χ3n) is 9.07. The number of hydrogen-bond donors (Lipinski definition) is 0. The van der Waals surface area contributed by atoms with E-state index in [0.717, 1.165) is 23.8 Å². The van der Waals surface area contributed by atoms with Crippen molar-refractivity contribution >= 4 is 17.5 Å². The van der Waals surface area contributed by atoms with Crippen molar-refractivity contribution in [1.82, 2.24) is 4.90 Å². The Bertz CT molecular complexity index is 822. The fraction of sp³-hybridized carbons (Fsp3) is 0.719. The summed E-state index contributed by atoms with van der Waals surface area (Å²) in [6, 6.07) is 8.04. The van der Waals surface area contributed by atoms with Crippen LogP contribution in [0, 0.1) is 34.5 Å². The molecular weight excluding hydrogens is 466 g/mol. The Morgan fingerprint density at radius 2 is 1.64 bits per heavy atom.